The summed E-state index contributed by atoms with van der Waals surface area (Å²) in [5.41, 5.74) is 2.51. The Morgan fingerprint density at radius 3 is 2.86 bits per heavy atom. The lowest BCUT2D eigenvalue weighted by molar-refractivity contribution is -0.109. The lowest BCUT2D eigenvalue weighted by Gasteiger charge is -2.39. The Labute approximate surface area is 124 Å². The smallest absolute Gasteiger partial charge is 0.207 e. The van der Waals surface area contributed by atoms with Gasteiger partial charge in [0, 0.05) is 61.6 Å². The second kappa shape index (κ2) is 6.18. The number of nitrogens with one attached hydrogen (secondary N) is 2. The summed E-state index contributed by atoms with van der Waals surface area (Å²) in [6.07, 6.45) is 2.77. The summed E-state index contributed by atoms with van der Waals surface area (Å²) in [5.74, 6) is 0. The van der Waals surface area contributed by atoms with Crippen LogP contribution in [0.1, 0.15) is 6.92 Å². The summed E-state index contributed by atoms with van der Waals surface area (Å²) in [4.78, 5) is 18.5. The van der Waals surface area contributed by atoms with Gasteiger partial charge in [0.25, 0.3) is 0 Å². The molecule has 3 rings (SSSR count). The van der Waals surface area contributed by atoms with Crippen molar-refractivity contribution in [3.8, 4) is 0 Å². The number of aromatic nitrogens is 1. The molecule has 1 amide bonds. The lowest BCUT2D eigenvalue weighted by Crippen LogP contribution is -2.51. The average Bonchev–Trinajstić information content (AvgIpc) is 3.01. The second-order valence-electron chi connectivity index (χ2n) is 5.61. The molecule has 2 heterocycles. The number of benzene rings is 1. The molecule has 112 valence electrons. The molecule has 0 radical (unpaired) electrons. The molecule has 0 aliphatic carbocycles. The van der Waals surface area contributed by atoms with E-state index in [4.69, 9.17) is 0 Å². The van der Waals surface area contributed by atoms with E-state index >= 15 is 0 Å². The fourth-order valence-corrected chi connectivity index (χ4v) is 3.10. The number of piperazine rings is 1. The summed E-state index contributed by atoms with van der Waals surface area (Å²) < 4.78 is 0. The molecule has 21 heavy (non-hydrogen) atoms. The van der Waals surface area contributed by atoms with Gasteiger partial charge in [-0.25, -0.2) is 0 Å². The summed E-state index contributed by atoms with van der Waals surface area (Å²) >= 11 is 0. The molecule has 1 aliphatic heterocycles. The van der Waals surface area contributed by atoms with Gasteiger partial charge in [0.05, 0.1) is 0 Å². The van der Waals surface area contributed by atoms with Gasteiger partial charge in [-0.15, -0.1) is 0 Å². The molecule has 5 nitrogen and oxygen atoms in total. The van der Waals surface area contributed by atoms with Crippen molar-refractivity contribution in [3.63, 3.8) is 0 Å². The highest BCUT2D eigenvalue weighted by Crippen LogP contribution is 2.27. The van der Waals surface area contributed by atoms with Crippen LogP contribution < -0.4 is 10.2 Å². The molecule has 1 fully saturated rings. The molecule has 1 atom stereocenters. The zero-order chi connectivity index (χ0) is 14.7. The van der Waals surface area contributed by atoms with E-state index in [0.717, 1.165) is 39.1 Å². The van der Waals surface area contributed by atoms with Crippen molar-refractivity contribution in [3.05, 3.63) is 30.5 Å². The predicted molar refractivity (Wildman–Crippen MR) is 85.6 cm³/mol. The maximum absolute atomic E-state index is 10.4. The molecular weight excluding hydrogens is 264 g/mol. The van der Waals surface area contributed by atoms with Gasteiger partial charge in [-0.2, -0.15) is 0 Å². The molecule has 1 saturated heterocycles. The molecular formula is C16H22N4O. The van der Waals surface area contributed by atoms with Crippen LogP contribution in [0.25, 0.3) is 10.9 Å². The van der Waals surface area contributed by atoms with Crippen molar-refractivity contribution in [2.75, 3.05) is 37.6 Å². The van der Waals surface area contributed by atoms with Crippen molar-refractivity contribution >= 4 is 23.0 Å². The van der Waals surface area contributed by atoms with Crippen molar-refractivity contribution in [1.29, 1.82) is 0 Å². The number of hydrogen-bond donors (Lipinski definition) is 2. The van der Waals surface area contributed by atoms with Crippen LogP contribution in [0.3, 0.4) is 0 Å². The van der Waals surface area contributed by atoms with Gasteiger partial charge in [-0.05, 0) is 25.1 Å². The van der Waals surface area contributed by atoms with Crippen LogP contribution in [0.2, 0.25) is 0 Å². The number of aromatic amines is 1. The summed E-state index contributed by atoms with van der Waals surface area (Å²) in [6, 6.07) is 8.96. The maximum Gasteiger partial charge on any atom is 0.207 e. The number of fused-ring (bicyclic) bond motifs is 1. The molecule has 0 unspecified atom stereocenters. The number of rotatable bonds is 5. The van der Waals surface area contributed by atoms with E-state index in [-0.39, 0.29) is 0 Å². The number of carbonyl (C=O) groups excluding carboxylic acids is 1. The third-order valence-electron chi connectivity index (χ3n) is 4.35. The number of hydrogen-bond acceptors (Lipinski definition) is 3. The van der Waals surface area contributed by atoms with Crippen LogP contribution in [-0.2, 0) is 4.79 Å². The number of H-pyrrole nitrogens is 1. The first kappa shape index (κ1) is 13.9. The van der Waals surface area contributed by atoms with Crippen molar-refractivity contribution in [2.24, 2.45) is 0 Å². The van der Waals surface area contributed by atoms with Gasteiger partial charge in [-0.1, -0.05) is 6.07 Å². The van der Waals surface area contributed by atoms with Crippen LogP contribution in [0, 0.1) is 0 Å². The molecule has 0 spiro atoms. The zero-order valence-corrected chi connectivity index (χ0v) is 12.4. The van der Waals surface area contributed by atoms with Crippen LogP contribution in [0.4, 0.5) is 5.69 Å². The third-order valence-corrected chi connectivity index (χ3v) is 4.35. The molecule has 2 aromatic rings. The number of carbonyl (C=O) groups is 1. The Kier molecular flexibility index (Phi) is 4.10. The van der Waals surface area contributed by atoms with E-state index < -0.39 is 0 Å². The van der Waals surface area contributed by atoms with E-state index in [2.05, 4.69) is 51.3 Å². The molecule has 1 aromatic carbocycles. The minimum atomic E-state index is 0.389. The Bertz CT molecular complexity index is 601. The normalized spacial score (nSPS) is 17.9. The van der Waals surface area contributed by atoms with E-state index in [1.807, 2.05) is 6.20 Å². The highest BCUT2D eigenvalue weighted by atomic mass is 16.1. The Hall–Kier alpha value is -2.01. The zero-order valence-electron chi connectivity index (χ0n) is 12.4. The van der Waals surface area contributed by atoms with Crippen molar-refractivity contribution < 1.29 is 4.79 Å². The van der Waals surface area contributed by atoms with Gasteiger partial charge in [0.1, 0.15) is 0 Å². The molecule has 2 N–H and O–H groups in total. The average molecular weight is 286 g/mol. The summed E-state index contributed by atoms with van der Waals surface area (Å²) in [5, 5.41) is 4.06. The number of amides is 1. The fraction of sp³-hybridized carbons (Fsp3) is 0.438. The first-order chi connectivity index (χ1) is 10.3. The quantitative estimate of drug-likeness (QED) is 0.818. The molecule has 0 saturated carbocycles. The minimum Gasteiger partial charge on any atom is -0.368 e. The monoisotopic (exact) mass is 286 g/mol. The van der Waals surface area contributed by atoms with Crippen molar-refractivity contribution in [2.45, 2.75) is 13.0 Å². The van der Waals surface area contributed by atoms with Gasteiger partial charge < -0.3 is 15.2 Å². The Morgan fingerprint density at radius 2 is 2.10 bits per heavy atom. The SMILES string of the molecule is C[C@H](CNC=O)N1CCN(c2cccc3[nH]ccc23)CC1. The van der Waals surface area contributed by atoms with Gasteiger partial charge >= 0.3 is 0 Å². The van der Waals surface area contributed by atoms with E-state index in [9.17, 15) is 4.79 Å². The standard InChI is InChI=1S/C16H22N4O/c1-13(11-17-12-21)19-7-9-20(10-8-19)16-4-2-3-15-14(16)5-6-18-15/h2-6,12-13,18H,7-11H2,1H3,(H,17,21)/t13-/m1/s1. The van der Waals surface area contributed by atoms with Gasteiger partial charge in [0.2, 0.25) is 6.41 Å². The summed E-state index contributed by atoms with van der Waals surface area (Å²) in [6.45, 7) is 6.99. The first-order valence-corrected chi connectivity index (χ1v) is 7.51. The van der Waals surface area contributed by atoms with Crippen LogP contribution in [0.5, 0.6) is 0 Å². The molecule has 5 heteroatoms. The van der Waals surface area contributed by atoms with Crippen molar-refractivity contribution in [1.82, 2.24) is 15.2 Å². The first-order valence-electron chi connectivity index (χ1n) is 7.51. The van der Waals surface area contributed by atoms with Crippen LogP contribution in [-0.4, -0.2) is 55.1 Å². The van der Waals surface area contributed by atoms with E-state index in [1.165, 1.54) is 16.6 Å². The lowest BCUT2D eigenvalue weighted by atomic mass is 10.1. The van der Waals surface area contributed by atoms with Gasteiger partial charge in [-0.3, -0.25) is 9.69 Å². The second-order valence-corrected chi connectivity index (χ2v) is 5.61. The number of anilines is 1. The number of nitrogens with zero attached hydrogens (tertiary/aromatic N) is 2. The van der Waals surface area contributed by atoms with Crippen LogP contribution in [0.15, 0.2) is 30.5 Å². The predicted octanol–water partition coefficient (Wildman–Crippen LogP) is 1.42. The highest BCUT2D eigenvalue weighted by Gasteiger charge is 2.21. The molecule has 0 bridgehead atoms. The minimum absolute atomic E-state index is 0.389. The highest BCUT2D eigenvalue weighted by molar-refractivity contribution is 5.92. The topological polar surface area (TPSA) is 51.4 Å². The van der Waals surface area contributed by atoms with E-state index in [0.29, 0.717) is 6.04 Å². The third kappa shape index (κ3) is 2.88. The maximum atomic E-state index is 10.4. The largest absolute Gasteiger partial charge is 0.368 e. The molecule has 1 aliphatic rings. The summed E-state index contributed by atoms with van der Waals surface area (Å²) in [7, 11) is 0. The van der Waals surface area contributed by atoms with Crippen LogP contribution >= 0.6 is 0 Å². The van der Waals surface area contributed by atoms with E-state index in [1.54, 1.807) is 0 Å². The Balaban J connectivity index is 1.66. The van der Waals surface area contributed by atoms with Gasteiger partial charge in [0.15, 0.2) is 0 Å². The Morgan fingerprint density at radius 1 is 1.29 bits per heavy atom. The molecule has 1 aromatic heterocycles. The fourth-order valence-electron chi connectivity index (χ4n) is 3.10.